The summed E-state index contributed by atoms with van der Waals surface area (Å²) in [5.74, 6) is -1.38. The van der Waals surface area contributed by atoms with Crippen LogP contribution in [0.3, 0.4) is 0 Å². The minimum Gasteiger partial charge on any atom is -0.340 e. The SMILES string of the molecule is Cc1cc(=O)c(C(=O)N(C)CCCc2cc(-c3cccc(F)c3)n[nH]2)nn1-c1ccccc1F. The van der Waals surface area contributed by atoms with Crippen molar-refractivity contribution in [1.29, 1.82) is 0 Å². The van der Waals surface area contributed by atoms with Crippen molar-refractivity contribution in [2.24, 2.45) is 0 Å². The summed E-state index contributed by atoms with van der Waals surface area (Å²) in [6.07, 6.45) is 1.20. The molecule has 1 N–H and O–H groups in total. The number of aromatic nitrogens is 4. The molecule has 0 saturated heterocycles. The zero-order valence-electron chi connectivity index (χ0n) is 18.8. The second kappa shape index (κ2) is 9.78. The van der Waals surface area contributed by atoms with Crippen molar-refractivity contribution >= 4 is 5.91 Å². The van der Waals surface area contributed by atoms with Gasteiger partial charge >= 0.3 is 0 Å². The largest absolute Gasteiger partial charge is 0.340 e. The fourth-order valence-electron chi connectivity index (χ4n) is 3.64. The number of benzene rings is 2. The van der Waals surface area contributed by atoms with Crippen LogP contribution in [0.1, 0.15) is 28.3 Å². The Kier molecular flexibility index (Phi) is 6.62. The number of nitrogens with one attached hydrogen (secondary N) is 1. The standard InChI is InChI=1S/C25H23F2N5O2/c1-16-13-23(33)24(30-32(16)22-11-4-3-10-20(22)27)25(34)31(2)12-6-9-19-15-21(29-28-19)17-7-5-8-18(26)14-17/h3-5,7-8,10-11,13-15H,6,9,12H2,1-2H3,(H,28,29). The minimum absolute atomic E-state index is 0.157. The molecular weight excluding hydrogens is 440 g/mol. The summed E-state index contributed by atoms with van der Waals surface area (Å²) in [4.78, 5) is 26.8. The lowest BCUT2D eigenvalue weighted by atomic mass is 10.1. The van der Waals surface area contributed by atoms with Crippen LogP contribution in [0.25, 0.3) is 16.9 Å². The molecule has 0 unspecified atom stereocenters. The molecule has 0 bridgehead atoms. The van der Waals surface area contributed by atoms with Crippen molar-refractivity contribution in [2.75, 3.05) is 13.6 Å². The van der Waals surface area contributed by atoms with Crippen LogP contribution in [0.4, 0.5) is 8.78 Å². The van der Waals surface area contributed by atoms with E-state index in [1.165, 1.54) is 39.9 Å². The Morgan fingerprint density at radius 1 is 1.09 bits per heavy atom. The summed E-state index contributed by atoms with van der Waals surface area (Å²) >= 11 is 0. The summed E-state index contributed by atoms with van der Waals surface area (Å²) in [7, 11) is 1.59. The molecule has 0 aliphatic carbocycles. The van der Waals surface area contributed by atoms with Gasteiger partial charge in [0.15, 0.2) is 5.69 Å². The van der Waals surface area contributed by atoms with E-state index >= 15 is 0 Å². The van der Waals surface area contributed by atoms with Crippen LogP contribution in [0, 0.1) is 18.6 Å². The maximum absolute atomic E-state index is 14.2. The van der Waals surface area contributed by atoms with E-state index in [2.05, 4.69) is 15.3 Å². The Bertz CT molecular complexity index is 1400. The molecule has 2 aromatic heterocycles. The number of hydrogen-bond acceptors (Lipinski definition) is 4. The molecule has 0 atom stereocenters. The van der Waals surface area contributed by atoms with Crippen molar-refractivity contribution in [3.05, 3.63) is 99.6 Å². The first-order valence-corrected chi connectivity index (χ1v) is 10.7. The van der Waals surface area contributed by atoms with Crippen LogP contribution in [-0.4, -0.2) is 44.4 Å². The van der Waals surface area contributed by atoms with Crippen LogP contribution >= 0.6 is 0 Å². The molecule has 4 aromatic rings. The second-order valence-electron chi connectivity index (χ2n) is 7.98. The monoisotopic (exact) mass is 463 g/mol. The average molecular weight is 463 g/mol. The fourth-order valence-corrected chi connectivity index (χ4v) is 3.64. The Morgan fingerprint density at radius 2 is 1.88 bits per heavy atom. The molecule has 1 amide bonds. The zero-order valence-corrected chi connectivity index (χ0v) is 18.8. The highest BCUT2D eigenvalue weighted by Gasteiger charge is 2.20. The lowest BCUT2D eigenvalue weighted by Gasteiger charge is -2.17. The van der Waals surface area contributed by atoms with Crippen LogP contribution < -0.4 is 5.43 Å². The molecule has 174 valence electrons. The van der Waals surface area contributed by atoms with E-state index in [1.54, 1.807) is 38.2 Å². The predicted molar refractivity (Wildman–Crippen MR) is 124 cm³/mol. The van der Waals surface area contributed by atoms with Crippen molar-refractivity contribution in [3.8, 4) is 16.9 Å². The topological polar surface area (TPSA) is 83.9 Å². The third kappa shape index (κ3) is 4.93. The quantitative estimate of drug-likeness (QED) is 0.450. The lowest BCUT2D eigenvalue weighted by molar-refractivity contribution is 0.0784. The van der Waals surface area contributed by atoms with E-state index in [1.807, 2.05) is 6.07 Å². The number of rotatable bonds is 7. The van der Waals surface area contributed by atoms with E-state index < -0.39 is 17.2 Å². The molecule has 4 rings (SSSR count). The van der Waals surface area contributed by atoms with E-state index in [0.29, 0.717) is 36.3 Å². The van der Waals surface area contributed by atoms with E-state index in [-0.39, 0.29) is 17.2 Å². The molecule has 0 radical (unpaired) electrons. The Morgan fingerprint density at radius 3 is 2.65 bits per heavy atom. The van der Waals surface area contributed by atoms with Gasteiger partial charge in [0.2, 0.25) is 5.43 Å². The van der Waals surface area contributed by atoms with Crippen LogP contribution in [-0.2, 0) is 6.42 Å². The summed E-state index contributed by atoms with van der Waals surface area (Å²) in [6, 6.07) is 15.3. The third-order valence-corrected chi connectivity index (χ3v) is 5.43. The number of hydrogen-bond donors (Lipinski definition) is 1. The van der Waals surface area contributed by atoms with E-state index in [0.717, 1.165) is 5.69 Å². The molecule has 9 heteroatoms. The highest BCUT2D eigenvalue weighted by molar-refractivity contribution is 5.91. The molecule has 0 spiro atoms. The van der Waals surface area contributed by atoms with Crippen molar-refractivity contribution in [1.82, 2.24) is 24.9 Å². The summed E-state index contributed by atoms with van der Waals surface area (Å²) in [6.45, 7) is 1.99. The molecule has 7 nitrogen and oxygen atoms in total. The Balaban J connectivity index is 1.43. The van der Waals surface area contributed by atoms with Gasteiger partial charge in [-0.1, -0.05) is 24.3 Å². The number of aromatic amines is 1. The van der Waals surface area contributed by atoms with E-state index in [4.69, 9.17) is 0 Å². The zero-order chi connectivity index (χ0) is 24.2. The number of aryl methyl sites for hydroxylation is 2. The minimum atomic E-state index is -0.542. The molecule has 2 heterocycles. The first-order valence-electron chi connectivity index (χ1n) is 10.7. The highest BCUT2D eigenvalue weighted by Crippen LogP contribution is 2.19. The van der Waals surface area contributed by atoms with Gasteiger partial charge in [-0.3, -0.25) is 14.7 Å². The van der Waals surface area contributed by atoms with Crippen molar-refractivity contribution in [2.45, 2.75) is 19.8 Å². The summed E-state index contributed by atoms with van der Waals surface area (Å²) in [5.41, 5.74) is 1.94. The van der Waals surface area contributed by atoms with Gasteiger partial charge < -0.3 is 4.90 Å². The third-order valence-electron chi connectivity index (χ3n) is 5.43. The predicted octanol–water partition coefficient (Wildman–Crippen LogP) is 3.91. The molecular formula is C25H23F2N5O2. The van der Waals surface area contributed by atoms with Crippen LogP contribution in [0.15, 0.2) is 65.5 Å². The lowest BCUT2D eigenvalue weighted by Crippen LogP contribution is -2.34. The van der Waals surface area contributed by atoms with Crippen LogP contribution in [0.5, 0.6) is 0 Å². The van der Waals surface area contributed by atoms with Gasteiger partial charge in [-0.05, 0) is 50.1 Å². The molecule has 0 aliphatic heterocycles. The van der Waals surface area contributed by atoms with Gasteiger partial charge in [0, 0.05) is 36.6 Å². The van der Waals surface area contributed by atoms with Crippen molar-refractivity contribution in [3.63, 3.8) is 0 Å². The number of para-hydroxylation sites is 1. The van der Waals surface area contributed by atoms with Crippen molar-refractivity contribution < 1.29 is 13.6 Å². The smallest absolute Gasteiger partial charge is 0.278 e. The van der Waals surface area contributed by atoms with Gasteiger partial charge in [-0.2, -0.15) is 10.2 Å². The number of H-pyrrole nitrogens is 1. The second-order valence-corrected chi connectivity index (χ2v) is 7.98. The number of carbonyl (C=O) groups excluding carboxylic acids is 1. The molecule has 0 aliphatic rings. The maximum atomic E-state index is 14.2. The first-order chi connectivity index (χ1) is 16.3. The number of carbonyl (C=O) groups is 1. The molecule has 34 heavy (non-hydrogen) atoms. The first kappa shape index (κ1) is 23.0. The van der Waals surface area contributed by atoms with Gasteiger partial charge in [0.25, 0.3) is 5.91 Å². The number of halogens is 2. The van der Waals surface area contributed by atoms with Crippen LogP contribution in [0.2, 0.25) is 0 Å². The number of amides is 1. The average Bonchev–Trinajstić information content (AvgIpc) is 3.28. The Labute approximate surface area is 194 Å². The summed E-state index contributed by atoms with van der Waals surface area (Å²) in [5, 5.41) is 11.3. The molecule has 0 fully saturated rings. The fraction of sp³-hybridized carbons (Fsp3) is 0.200. The maximum Gasteiger partial charge on any atom is 0.278 e. The highest BCUT2D eigenvalue weighted by atomic mass is 19.1. The summed E-state index contributed by atoms with van der Waals surface area (Å²) < 4.78 is 28.9. The van der Waals surface area contributed by atoms with Gasteiger partial charge in [-0.15, -0.1) is 0 Å². The number of nitrogens with zero attached hydrogens (tertiary/aromatic N) is 4. The van der Waals surface area contributed by atoms with Gasteiger partial charge in [0.05, 0.1) is 5.69 Å². The molecule has 0 saturated carbocycles. The van der Waals surface area contributed by atoms with E-state index in [9.17, 15) is 18.4 Å². The van der Waals surface area contributed by atoms with Gasteiger partial charge in [0.1, 0.15) is 17.3 Å². The van der Waals surface area contributed by atoms with Gasteiger partial charge in [-0.25, -0.2) is 13.5 Å². The molecule has 2 aromatic carbocycles. The normalized spacial score (nSPS) is 10.9. The Hall–Kier alpha value is -4.14.